The molecule has 0 fully saturated rings. The van der Waals surface area contributed by atoms with Gasteiger partial charge in [0.15, 0.2) is 0 Å². The van der Waals surface area contributed by atoms with E-state index in [1.165, 1.54) is 0 Å². The summed E-state index contributed by atoms with van der Waals surface area (Å²) in [6.07, 6.45) is 0.752. The van der Waals surface area contributed by atoms with Crippen LogP contribution in [0.1, 0.15) is 16.8 Å². The molecule has 0 aliphatic heterocycles. The second-order valence-corrected chi connectivity index (χ2v) is 4.95. The molecule has 1 aromatic heterocycles. The molecule has 0 radical (unpaired) electrons. The van der Waals surface area contributed by atoms with Crippen LogP contribution in [0.2, 0.25) is 5.02 Å². The highest BCUT2D eigenvalue weighted by Gasteiger charge is 2.15. The smallest absolute Gasteiger partial charge is 0.221 e. The third kappa shape index (κ3) is 2.91. The first-order valence-electron chi connectivity index (χ1n) is 6.19. The van der Waals surface area contributed by atoms with Gasteiger partial charge in [0.1, 0.15) is 5.75 Å². The standard InChI is InChI=1S/C14H18ClN3O/c1-9-8-11(4-5-13(9)15)19-14-12(6-7-16)10(2)17-18(14)3/h4-5,8H,6-7,16H2,1-3H3. The van der Waals surface area contributed by atoms with Crippen molar-refractivity contribution in [3.05, 3.63) is 40.0 Å². The highest BCUT2D eigenvalue weighted by Crippen LogP contribution is 2.29. The molecule has 1 aromatic carbocycles. The quantitative estimate of drug-likeness (QED) is 0.936. The Morgan fingerprint density at radius 3 is 2.74 bits per heavy atom. The van der Waals surface area contributed by atoms with E-state index in [9.17, 15) is 0 Å². The molecule has 0 unspecified atom stereocenters. The predicted molar refractivity (Wildman–Crippen MR) is 77.0 cm³/mol. The van der Waals surface area contributed by atoms with Gasteiger partial charge in [-0.25, -0.2) is 4.68 Å². The Balaban J connectivity index is 2.34. The van der Waals surface area contributed by atoms with Gasteiger partial charge >= 0.3 is 0 Å². The van der Waals surface area contributed by atoms with Crippen LogP contribution in [0.3, 0.4) is 0 Å². The van der Waals surface area contributed by atoms with Crippen LogP contribution < -0.4 is 10.5 Å². The molecular formula is C14H18ClN3O. The van der Waals surface area contributed by atoms with Crippen LogP contribution in [0.25, 0.3) is 0 Å². The number of aryl methyl sites for hydroxylation is 3. The molecule has 0 atom stereocenters. The highest BCUT2D eigenvalue weighted by molar-refractivity contribution is 6.31. The van der Waals surface area contributed by atoms with E-state index in [4.69, 9.17) is 22.1 Å². The van der Waals surface area contributed by atoms with Crippen molar-refractivity contribution in [2.24, 2.45) is 12.8 Å². The minimum absolute atomic E-state index is 0.572. The number of rotatable bonds is 4. The molecule has 19 heavy (non-hydrogen) atoms. The predicted octanol–water partition coefficient (Wildman–Crippen LogP) is 2.98. The van der Waals surface area contributed by atoms with Crippen molar-refractivity contribution in [2.75, 3.05) is 6.54 Å². The molecule has 2 rings (SSSR count). The Labute approximate surface area is 118 Å². The first kappa shape index (κ1) is 13.9. The van der Waals surface area contributed by atoms with Gasteiger partial charge in [0, 0.05) is 17.6 Å². The maximum atomic E-state index is 6.01. The van der Waals surface area contributed by atoms with Gasteiger partial charge in [-0.3, -0.25) is 0 Å². The number of hydrogen-bond donors (Lipinski definition) is 1. The second kappa shape index (κ2) is 5.63. The Kier molecular flexibility index (Phi) is 4.12. The third-order valence-electron chi connectivity index (χ3n) is 3.03. The number of hydrogen-bond acceptors (Lipinski definition) is 3. The van der Waals surface area contributed by atoms with Crippen LogP contribution in [0.5, 0.6) is 11.6 Å². The molecule has 0 saturated heterocycles. The Hall–Kier alpha value is -1.52. The molecule has 0 aliphatic rings. The normalized spacial score (nSPS) is 10.8. The number of nitrogens with two attached hydrogens (primary N) is 1. The lowest BCUT2D eigenvalue weighted by Gasteiger charge is -2.09. The van der Waals surface area contributed by atoms with E-state index in [0.717, 1.165) is 39.9 Å². The molecule has 2 N–H and O–H groups in total. The fraction of sp³-hybridized carbons (Fsp3) is 0.357. The summed E-state index contributed by atoms with van der Waals surface area (Å²) in [5.74, 6) is 1.49. The van der Waals surface area contributed by atoms with Gasteiger partial charge in [0.05, 0.1) is 5.69 Å². The first-order valence-corrected chi connectivity index (χ1v) is 6.57. The molecule has 4 nitrogen and oxygen atoms in total. The molecule has 102 valence electrons. The van der Waals surface area contributed by atoms with Crippen molar-refractivity contribution >= 4 is 11.6 Å². The van der Waals surface area contributed by atoms with Crippen LogP contribution in [-0.4, -0.2) is 16.3 Å². The minimum atomic E-state index is 0.572. The van der Waals surface area contributed by atoms with E-state index in [0.29, 0.717) is 6.54 Å². The summed E-state index contributed by atoms with van der Waals surface area (Å²) in [6, 6.07) is 5.60. The summed E-state index contributed by atoms with van der Waals surface area (Å²) in [5.41, 5.74) is 8.63. The van der Waals surface area contributed by atoms with Gasteiger partial charge in [-0.05, 0) is 50.6 Å². The molecule has 1 heterocycles. The maximum absolute atomic E-state index is 6.01. The zero-order valence-corrected chi connectivity index (χ0v) is 12.2. The number of aromatic nitrogens is 2. The summed E-state index contributed by atoms with van der Waals surface area (Å²) in [5, 5.41) is 5.11. The van der Waals surface area contributed by atoms with Gasteiger partial charge < -0.3 is 10.5 Å². The maximum Gasteiger partial charge on any atom is 0.221 e. The summed E-state index contributed by atoms with van der Waals surface area (Å²) in [6.45, 7) is 4.48. The van der Waals surface area contributed by atoms with Crippen LogP contribution in [0, 0.1) is 13.8 Å². The Morgan fingerprint density at radius 2 is 2.11 bits per heavy atom. The van der Waals surface area contributed by atoms with Crippen LogP contribution >= 0.6 is 11.6 Å². The van der Waals surface area contributed by atoms with E-state index >= 15 is 0 Å². The van der Waals surface area contributed by atoms with Crippen molar-refractivity contribution in [3.63, 3.8) is 0 Å². The molecule has 2 aromatic rings. The average molecular weight is 280 g/mol. The first-order chi connectivity index (χ1) is 9.02. The van der Waals surface area contributed by atoms with Gasteiger partial charge in [0.2, 0.25) is 5.88 Å². The SMILES string of the molecule is Cc1cc(Oc2c(CCN)c(C)nn2C)ccc1Cl. The minimum Gasteiger partial charge on any atom is -0.439 e. The third-order valence-corrected chi connectivity index (χ3v) is 3.45. The van der Waals surface area contributed by atoms with Crippen molar-refractivity contribution in [2.45, 2.75) is 20.3 Å². The lowest BCUT2D eigenvalue weighted by atomic mass is 10.2. The summed E-state index contributed by atoms with van der Waals surface area (Å²) >= 11 is 6.01. The number of nitrogens with zero attached hydrogens (tertiary/aromatic N) is 2. The molecule has 0 spiro atoms. The Bertz CT molecular complexity index is 593. The highest BCUT2D eigenvalue weighted by atomic mass is 35.5. The Morgan fingerprint density at radius 1 is 1.37 bits per heavy atom. The van der Waals surface area contributed by atoms with Gasteiger partial charge in [-0.2, -0.15) is 5.10 Å². The van der Waals surface area contributed by atoms with E-state index < -0.39 is 0 Å². The van der Waals surface area contributed by atoms with Crippen LogP contribution in [0.4, 0.5) is 0 Å². The summed E-state index contributed by atoms with van der Waals surface area (Å²) < 4.78 is 7.68. The van der Waals surface area contributed by atoms with Gasteiger partial charge in [-0.15, -0.1) is 0 Å². The fourth-order valence-corrected chi connectivity index (χ4v) is 2.15. The molecule has 0 aliphatic carbocycles. The number of ether oxygens (including phenoxy) is 1. The molecule has 0 saturated carbocycles. The molecule has 0 amide bonds. The second-order valence-electron chi connectivity index (χ2n) is 4.54. The van der Waals surface area contributed by atoms with E-state index in [1.54, 1.807) is 4.68 Å². The fourth-order valence-electron chi connectivity index (χ4n) is 2.03. The molecule has 5 heteroatoms. The monoisotopic (exact) mass is 279 g/mol. The lowest BCUT2D eigenvalue weighted by Crippen LogP contribution is -2.05. The zero-order valence-electron chi connectivity index (χ0n) is 11.4. The van der Waals surface area contributed by atoms with Crippen molar-refractivity contribution in [1.82, 2.24) is 9.78 Å². The van der Waals surface area contributed by atoms with Gasteiger partial charge in [-0.1, -0.05) is 11.6 Å². The van der Waals surface area contributed by atoms with Crippen molar-refractivity contribution in [1.29, 1.82) is 0 Å². The molecular weight excluding hydrogens is 262 g/mol. The van der Waals surface area contributed by atoms with E-state index in [1.807, 2.05) is 39.1 Å². The zero-order chi connectivity index (χ0) is 14.0. The van der Waals surface area contributed by atoms with Crippen molar-refractivity contribution in [3.8, 4) is 11.6 Å². The topological polar surface area (TPSA) is 53.1 Å². The van der Waals surface area contributed by atoms with E-state index in [2.05, 4.69) is 5.10 Å². The van der Waals surface area contributed by atoms with Gasteiger partial charge in [0.25, 0.3) is 0 Å². The lowest BCUT2D eigenvalue weighted by molar-refractivity contribution is 0.425. The summed E-state index contributed by atoms with van der Waals surface area (Å²) in [4.78, 5) is 0. The number of benzene rings is 1. The van der Waals surface area contributed by atoms with Crippen LogP contribution in [-0.2, 0) is 13.5 Å². The van der Waals surface area contributed by atoms with Crippen molar-refractivity contribution < 1.29 is 4.74 Å². The summed E-state index contributed by atoms with van der Waals surface area (Å²) in [7, 11) is 1.87. The largest absolute Gasteiger partial charge is 0.439 e. The average Bonchev–Trinajstić information content (AvgIpc) is 2.61. The van der Waals surface area contributed by atoms with E-state index in [-0.39, 0.29) is 0 Å². The van der Waals surface area contributed by atoms with Crippen LogP contribution in [0.15, 0.2) is 18.2 Å². The number of halogens is 1. The molecule has 0 bridgehead atoms.